The normalized spacial score (nSPS) is 23.9. The Morgan fingerprint density at radius 3 is 2.79 bits per heavy atom. The average Bonchev–Trinajstić information content (AvgIpc) is 2.45. The van der Waals surface area contributed by atoms with E-state index in [4.69, 9.17) is 10.8 Å². The van der Waals surface area contributed by atoms with E-state index in [1.807, 2.05) is 0 Å². The predicted molar refractivity (Wildman–Crippen MR) is 79.2 cm³/mol. The molecule has 19 heavy (non-hydrogen) atoms. The van der Waals surface area contributed by atoms with Gasteiger partial charge in [0.15, 0.2) is 0 Å². The first-order valence-electron chi connectivity index (χ1n) is 7.34. The van der Waals surface area contributed by atoms with Gasteiger partial charge in [-0.1, -0.05) is 24.3 Å². The molecule has 0 heterocycles. The zero-order valence-electron chi connectivity index (χ0n) is 11.9. The molecule has 2 rings (SSSR count). The Balaban J connectivity index is 2.04. The molecule has 1 aliphatic rings. The lowest BCUT2D eigenvalue weighted by Crippen LogP contribution is -2.57. The maximum Gasteiger partial charge on any atom is 0.0431 e. The molecule has 3 nitrogen and oxygen atoms in total. The van der Waals surface area contributed by atoms with Crippen LogP contribution in [0.25, 0.3) is 0 Å². The fourth-order valence-corrected chi connectivity index (χ4v) is 3.15. The second-order valence-electron chi connectivity index (χ2n) is 5.84. The molecule has 0 fully saturated rings. The lowest BCUT2D eigenvalue weighted by molar-refractivity contribution is 0.238. The summed E-state index contributed by atoms with van der Waals surface area (Å²) in [6.45, 7) is 3.13. The molecule has 0 amide bonds. The highest BCUT2D eigenvalue weighted by Gasteiger charge is 2.33. The van der Waals surface area contributed by atoms with Crippen molar-refractivity contribution in [2.45, 2.75) is 50.6 Å². The van der Waals surface area contributed by atoms with Gasteiger partial charge in [0.25, 0.3) is 0 Å². The van der Waals surface area contributed by atoms with E-state index in [9.17, 15) is 0 Å². The zero-order valence-corrected chi connectivity index (χ0v) is 11.9. The molecule has 1 aromatic rings. The van der Waals surface area contributed by atoms with Crippen LogP contribution >= 0.6 is 0 Å². The number of rotatable bonds is 6. The molecular formula is C16H26N2O. The summed E-state index contributed by atoms with van der Waals surface area (Å²) in [7, 11) is 0. The molecule has 106 valence electrons. The number of aryl methyl sites for hydroxylation is 1. The lowest BCUT2D eigenvalue weighted by atomic mass is 9.77. The van der Waals surface area contributed by atoms with E-state index in [-0.39, 0.29) is 12.1 Å². The smallest absolute Gasteiger partial charge is 0.0431 e. The first kappa shape index (κ1) is 14.5. The summed E-state index contributed by atoms with van der Waals surface area (Å²) in [5.74, 6) is 0. The van der Waals surface area contributed by atoms with Gasteiger partial charge in [0.2, 0.25) is 0 Å². The lowest BCUT2D eigenvalue weighted by Gasteiger charge is -2.40. The number of benzene rings is 1. The van der Waals surface area contributed by atoms with Crippen LogP contribution in [0.3, 0.4) is 0 Å². The van der Waals surface area contributed by atoms with Crippen molar-refractivity contribution in [3.05, 3.63) is 35.4 Å². The van der Waals surface area contributed by atoms with Crippen LogP contribution in [0.4, 0.5) is 0 Å². The number of fused-ring (bicyclic) bond motifs is 1. The summed E-state index contributed by atoms with van der Waals surface area (Å²) in [5.41, 5.74) is 8.99. The van der Waals surface area contributed by atoms with Gasteiger partial charge in [-0.2, -0.15) is 0 Å². The Morgan fingerprint density at radius 2 is 2.11 bits per heavy atom. The van der Waals surface area contributed by atoms with Crippen molar-refractivity contribution in [1.29, 1.82) is 0 Å². The number of nitrogens with two attached hydrogens (primary N) is 1. The number of hydrogen-bond acceptors (Lipinski definition) is 3. The second kappa shape index (κ2) is 6.51. The molecule has 2 atom stereocenters. The highest BCUT2D eigenvalue weighted by Crippen LogP contribution is 2.28. The summed E-state index contributed by atoms with van der Waals surface area (Å²) in [4.78, 5) is 0. The van der Waals surface area contributed by atoms with Crippen LogP contribution < -0.4 is 11.1 Å². The second-order valence-corrected chi connectivity index (χ2v) is 5.84. The molecular weight excluding hydrogens is 236 g/mol. The molecule has 0 saturated heterocycles. The monoisotopic (exact) mass is 262 g/mol. The SMILES string of the molecule is CC(CCCO)NC1(CN)CCc2ccccc2C1. The van der Waals surface area contributed by atoms with E-state index < -0.39 is 0 Å². The molecule has 2 unspecified atom stereocenters. The zero-order chi connectivity index (χ0) is 13.7. The van der Waals surface area contributed by atoms with Crippen LogP contribution in [-0.2, 0) is 12.8 Å². The Labute approximate surface area is 116 Å². The molecule has 0 spiro atoms. The van der Waals surface area contributed by atoms with Crippen LogP contribution in [0.2, 0.25) is 0 Å². The van der Waals surface area contributed by atoms with Gasteiger partial charge >= 0.3 is 0 Å². The largest absolute Gasteiger partial charge is 0.396 e. The van der Waals surface area contributed by atoms with Gasteiger partial charge in [-0.25, -0.2) is 0 Å². The van der Waals surface area contributed by atoms with Crippen molar-refractivity contribution < 1.29 is 5.11 Å². The fraction of sp³-hybridized carbons (Fsp3) is 0.625. The van der Waals surface area contributed by atoms with Crippen LogP contribution in [0.15, 0.2) is 24.3 Å². The average molecular weight is 262 g/mol. The topological polar surface area (TPSA) is 58.3 Å². The summed E-state index contributed by atoms with van der Waals surface area (Å²) in [6.07, 6.45) is 5.07. The third kappa shape index (κ3) is 3.56. The fourth-order valence-electron chi connectivity index (χ4n) is 3.15. The van der Waals surface area contributed by atoms with Gasteiger partial charge in [0, 0.05) is 24.7 Å². The van der Waals surface area contributed by atoms with Gasteiger partial charge in [-0.3, -0.25) is 0 Å². The third-order valence-corrected chi connectivity index (χ3v) is 4.26. The molecule has 1 aliphatic carbocycles. The number of nitrogens with one attached hydrogen (secondary N) is 1. The number of hydrogen-bond donors (Lipinski definition) is 3. The summed E-state index contributed by atoms with van der Waals surface area (Å²) in [6, 6.07) is 9.08. The van der Waals surface area contributed by atoms with Gasteiger partial charge in [0.05, 0.1) is 0 Å². The van der Waals surface area contributed by atoms with E-state index in [2.05, 4.69) is 36.5 Å². The molecule has 0 aliphatic heterocycles. The minimum atomic E-state index is 0.0310. The minimum absolute atomic E-state index is 0.0310. The van der Waals surface area contributed by atoms with Crippen molar-refractivity contribution in [3.63, 3.8) is 0 Å². The van der Waals surface area contributed by atoms with Crippen molar-refractivity contribution in [2.75, 3.05) is 13.2 Å². The van der Waals surface area contributed by atoms with Crippen molar-refractivity contribution in [2.24, 2.45) is 5.73 Å². The Hall–Kier alpha value is -0.900. The van der Waals surface area contributed by atoms with E-state index in [0.29, 0.717) is 12.6 Å². The molecule has 0 saturated carbocycles. The van der Waals surface area contributed by atoms with E-state index in [1.165, 1.54) is 11.1 Å². The molecule has 0 aromatic heterocycles. The van der Waals surface area contributed by atoms with Crippen LogP contribution in [0.1, 0.15) is 37.3 Å². The summed E-state index contributed by atoms with van der Waals surface area (Å²) < 4.78 is 0. The molecule has 1 aromatic carbocycles. The first-order valence-corrected chi connectivity index (χ1v) is 7.34. The molecule has 0 radical (unpaired) electrons. The van der Waals surface area contributed by atoms with Crippen LogP contribution in [0, 0.1) is 0 Å². The maximum absolute atomic E-state index is 8.92. The van der Waals surface area contributed by atoms with Crippen LogP contribution in [-0.4, -0.2) is 29.8 Å². The summed E-state index contributed by atoms with van der Waals surface area (Å²) in [5, 5.41) is 12.6. The molecule has 0 bridgehead atoms. The summed E-state index contributed by atoms with van der Waals surface area (Å²) >= 11 is 0. The highest BCUT2D eigenvalue weighted by atomic mass is 16.2. The van der Waals surface area contributed by atoms with E-state index >= 15 is 0 Å². The van der Waals surface area contributed by atoms with E-state index in [1.54, 1.807) is 0 Å². The Bertz CT molecular complexity index is 407. The molecule has 3 heteroatoms. The number of aliphatic hydroxyl groups excluding tert-OH is 1. The third-order valence-electron chi connectivity index (χ3n) is 4.26. The van der Waals surface area contributed by atoms with Gasteiger partial charge < -0.3 is 16.2 Å². The predicted octanol–water partition coefficient (Wildman–Crippen LogP) is 1.62. The van der Waals surface area contributed by atoms with Gasteiger partial charge in [-0.05, 0) is 50.2 Å². The Morgan fingerprint density at radius 1 is 1.37 bits per heavy atom. The molecule has 4 N–H and O–H groups in total. The first-order chi connectivity index (χ1) is 9.19. The quantitative estimate of drug-likeness (QED) is 0.730. The van der Waals surface area contributed by atoms with Crippen molar-refractivity contribution in [1.82, 2.24) is 5.32 Å². The van der Waals surface area contributed by atoms with Gasteiger partial charge in [-0.15, -0.1) is 0 Å². The number of aliphatic hydroxyl groups is 1. The van der Waals surface area contributed by atoms with Crippen molar-refractivity contribution >= 4 is 0 Å². The maximum atomic E-state index is 8.92. The highest BCUT2D eigenvalue weighted by molar-refractivity contribution is 5.32. The van der Waals surface area contributed by atoms with E-state index in [0.717, 1.165) is 32.1 Å². The standard InChI is InChI=1S/C16H26N2O/c1-13(5-4-10-19)18-16(12-17)9-8-14-6-2-3-7-15(14)11-16/h2-3,6-7,13,18-19H,4-5,8-12,17H2,1H3. The van der Waals surface area contributed by atoms with Crippen LogP contribution in [0.5, 0.6) is 0 Å². The van der Waals surface area contributed by atoms with Crippen molar-refractivity contribution in [3.8, 4) is 0 Å². The van der Waals surface area contributed by atoms with Gasteiger partial charge in [0.1, 0.15) is 0 Å². The Kier molecular flexibility index (Phi) is 4.97. The minimum Gasteiger partial charge on any atom is -0.396 e.